The lowest BCUT2D eigenvalue weighted by atomic mass is 10.2. The van der Waals surface area contributed by atoms with E-state index >= 15 is 0 Å². The molecule has 4 rings (SSSR count). The summed E-state index contributed by atoms with van der Waals surface area (Å²) in [5.41, 5.74) is 5.56. The number of ether oxygens (including phenoxy) is 4. The number of amides is 1. The summed E-state index contributed by atoms with van der Waals surface area (Å²) in [6, 6.07) is 26.0. The summed E-state index contributed by atoms with van der Waals surface area (Å²) in [6.45, 7) is 3.09. The number of carbonyl (C=O) groups excluding carboxylic acids is 1. The van der Waals surface area contributed by atoms with Crippen molar-refractivity contribution in [2.75, 3.05) is 13.7 Å². The second kappa shape index (κ2) is 14.4. The summed E-state index contributed by atoms with van der Waals surface area (Å²) in [6.07, 6.45) is 1.48. The van der Waals surface area contributed by atoms with Crippen molar-refractivity contribution in [2.24, 2.45) is 5.10 Å². The predicted molar refractivity (Wildman–Crippen MR) is 160 cm³/mol. The topological polar surface area (TPSA) is 78.4 Å². The zero-order chi connectivity index (χ0) is 28.3. The lowest BCUT2D eigenvalue weighted by Crippen LogP contribution is -2.17. The SMILES string of the molecule is CCOc1cc(COc2c(Cl)cc(/C=N/NC(=O)c3ccc(Br)cc3)cc2OC)ccc1OCc1ccccc1. The highest BCUT2D eigenvalue weighted by Gasteiger charge is 2.14. The molecular formula is C31H28BrClN2O5. The first kappa shape index (κ1) is 29.0. The van der Waals surface area contributed by atoms with Crippen molar-refractivity contribution in [3.63, 3.8) is 0 Å². The molecule has 0 aliphatic carbocycles. The van der Waals surface area contributed by atoms with E-state index in [-0.39, 0.29) is 12.5 Å². The normalized spacial score (nSPS) is 10.8. The molecule has 0 unspecified atom stereocenters. The van der Waals surface area contributed by atoms with Gasteiger partial charge in [-0.05, 0) is 72.1 Å². The van der Waals surface area contributed by atoms with Crippen molar-refractivity contribution in [3.8, 4) is 23.0 Å². The fourth-order valence-electron chi connectivity index (χ4n) is 3.71. The first-order chi connectivity index (χ1) is 19.5. The van der Waals surface area contributed by atoms with Crippen LogP contribution in [0.2, 0.25) is 5.02 Å². The lowest BCUT2D eigenvalue weighted by molar-refractivity contribution is 0.0955. The van der Waals surface area contributed by atoms with Crippen LogP contribution in [-0.2, 0) is 13.2 Å². The van der Waals surface area contributed by atoms with Crippen molar-refractivity contribution in [1.29, 1.82) is 0 Å². The highest BCUT2D eigenvalue weighted by Crippen LogP contribution is 2.37. The lowest BCUT2D eigenvalue weighted by Gasteiger charge is -2.16. The predicted octanol–water partition coefficient (Wildman–Crippen LogP) is 7.43. The highest BCUT2D eigenvalue weighted by molar-refractivity contribution is 9.10. The van der Waals surface area contributed by atoms with Crippen molar-refractivity contribution < 1.29 is 23.7 Å². The molecule has 1 amide bonds. The Hall–Kier alpha value is -4.01. The zero-order valence-corrected chi connectivity index (χ0v) is 24.4. The van der Waals surface area contributed by atoms with Gasteiger partial charge in [0.2, 0.25) is 0 Å². The quantitative estimate of drug-likeness (QED) is 0.131. The third-order valence-corrected chi connectivity index (χ3v) is 6.48. The molecule has 40 heavy (non-hydrogen) atoms. The number of rotatable bonds is 12. The van der Waals surface area contributed by atoms with Gasteiger partial charge in [-0.1, -0.05) is 63.9 Å². The molecule has 206 valence electrons. The zero-order valence-electron chi connectivity index (χ0n) is 22.0. The number of hydrogen-bond acceptors (Lipinski definition) is 6. The van der Waals surface area contributed by atoms with Gasteiger partial charge >= 0.3 is 0 Å². The number of carbonyl (C=O) groups is 1. The Kier molecular flexibility index (Phi) is 10.4. The summed E-state index contributed by atoms with van der Waals surface area (Å²) in [7, 11) is 1.53. The van der Waals surface area contributed by atoms with E-state index in [0.29, 0.717) is 52.4 Å². The van der Waals surface area contributed by atoms with Crippen LogP contribution in [0.15, 0.2) is 94.5 Å². The Bertz CT molecular complexity index is 1460. The smallest absolute Gasteiger partial charge is 0.271 e. The second-order valence-corrected chi connectivity index (χ2v) is 9.84. The van der Waals surface area contributed by atoms with Gasteiger partial charge in [-0.15, -0.1) is 0 Å². The molecule has 7 nitrogen and oxygen atoms in total. The fourth-order valence-corrected chi connectivity index (χ4v) is 4.24. The van der Waals surface area contributed by atoms with Crippen molar-refractivity contribution in [2.45, 2.75) is 20.1 Å². The average molecular weight is 624 g/mol. The van der Waals surface area contributed by atoms with Crippen LogP contribution in [0.3, 0.4) is 0 Å². The second-order valence-electron chi connectivity index (χ2n) is 8.52. The molecule has 0 heterocycles. The molecular weight excluding hydrogens is 596 g/mol. The molecule has 0 bridgehead atoms. The maximum Gasteiger partial charge on any atom is 0.271 e. The number of hydrogen-bond donors (Lipinski definition) is 1. The Balaban J connectivity index is 1.41. The summed E-state index contributed by atoms with van der Waals surface area (Å²) in [5.74, 6) is 1.78. The number of nitrogens with zero attached hydrogens (tertiary/aromatic N) is 1. The fraction of sp³-hybridized carbons (Fsp3) is 0.161. The Morgan fingerprint density at radius 2 is 1.62 bits per heavy atom. The van der Waals surface area contributed by atoms with Crippen LogP contribution in [0.5, 0.6) is 23.0 Å². The molecule has 0 aliphatic heterocycles. The van der Waals surface area contributed by atoms with Gasteiger partial charge < -0.3 is 18.9 Å². The van der Waals surface area contributed by atoms with E-state index in [2.05, 4.69) is 26.5 Å². The Morgan fingerprint density at radius 1 is 0.875 bits per heavy atom. The summed E-state index contributed by atoms with van der Waals surface area (Å²) < 4.78 is 24.2. The van der Waals surface area contributed by atoms with Gasteiger partial charge in [0, 0.05) is 10.0 Å². The average Bonchev–Trinajstić information content (AvgIpc) is 2.97. The number of halogens is 2. The van der Waals surface area contributed by atoms with Crippen LogP contribution in [-0.4, -0.2) is 25.8 Å². The molecule has 1 N–H and O–H groups in total. The molecule has 0 saturated carbocycles. The van der Waals surface area contributed by atoms with Crippen LogP contribution in [0.4, 0.5) is 0 Å². The van der Waals surface area contributed by atoms with E-state index < -0.39 is 0 Å². The maximum absolute atomic E-state index is 12.3. The summed E-state index contributed by atoms with van der Waals surface area (Å²) in [4.78, 5) is 12.3. The first-order valence-corrected chi connectivity index (χ1v) is 13.7. The first-order valence-electron chi connectivity index (χ1n) is 12.5. The molecule has 0 spiro atoms. The minimum Gasteiger partial charge on any atom is -0.493 e. The Labute approximate surface area is 246 Å². The van der Waals surface area contributed by atoms with Crippen molar-refractivity contribution in [1.82, 2.24) is 5.43 Å². The van der Waals surface area contributed by atoms with E-state index in [1.165, 1.54) is 13.3 Å². The van der Waals surface area contributed by atoms with E-state index in [0.717, 1.165) is 15.6 Å². The minimum atomic E-state index is -0.329. The van der Waals surface area contributed by atoms with Crippen LogP contribution in [0, 0.1) is 0 Å². The maximum atomic E-state index is 12.3. The van der Waals surface area contributed by atoms with Crippen LogP contribution in [0.1, 0.15) is 34.0 Å². The van der Waals surface area contributed by atoms with Gasteiger partial charge in [-0.3, -0.25) is 4.79 Å². The van der Waals surface area contributed by atoms with Gasteiger partial charge in [0.05, 0.1) is 25.0 Å². The Morgan fingerprint density at radius 3 is 2.35 bits per heavy atom. The molecule has 4 aromatic carbocycles. The molecule has 0 radical (unpaired) electrons. The van der Waals surface area contributed by atoms with E-state index in [4.69, 9.17) is 30.5 Å². The summed E-state index contributed by atoms with van der Waals surface area (Å²) in [5, 5.41) is 4.37. The summed E-state index contributed by atoms with van der Waals surface area (Å²) >= 11 is 9.88. The van der Waals surface area contributed by atoms with Crippen LogP contribution in [0.25, 0.3) is 0 Å². The molecule has 0 fully saturated rings. The number of methoxy groups -OCH3 is 1. The monoisotopic (exact) mass is 622 g/mol. The standard InChI is InChI=1S/C31H28BrClN2O5/c1-3-38-28-16-22(9-14-27(28)39-19-21-7-5-4-6-8-21)20-40-30-26(33)15-23(17-29(30)37-2)18-34-35-31(36)24-10-12-25(32)13-11-24/h4-18H,3,19-20H2,1-2H3,(H,35,36)/b34-18+. The molecule has 9 heteroatoms. The highest BCUT2D eigenvalue weighted by atomic mass is 79.9. The molecule has 0 atom stereocenters. The van der Waals surface area contributed by atoms with Gasteiger partial charge in [-0.2, -0.15) is 5.10 Å². The molecule has 0 aromatic heterocycles. The third kappa shape index (κ3) is 8.00. The van der Waals surface area contributed by atoms with Crippen LogP contribution < -0.4 is 24.4 Å². The van der Waals surface area contributed by atoms with Gasteiger partial charge in [0.1, 0.15) is 13.2 Å². The van der Waals surface area contributed by atoms with Gasteiger partial charge in [-0.25, -0.2) is 5.43 Å². The van der Waals surface area contributed by atoms with Crippen molar-refractivity contribution >= 4 is 39.7 Å². The number of benzene rings is 4. The molecule has 0 aliphatic rings. The minimum absolute atomic E-state index is 0.228. The van der Waals surface area contributed by atoms with E-state index in [9.17, 15) is 4.79 Å². The molecule has 4 aromatic rings. The number of hydrazone groups is 1. The number of nitrogens with one attached hydrogen (secondary N) is 1. The van der Waals surface area contributed by atoms with Crippen molar-refractivity contribution in [3.05, 3.63) is 117 Å². The third-order valence-electron chi connectivity index (χ3n) is 5.67. The van der Waals surface area contributed by atoms with E-state index in [1.54, 1.807) is 36.4 Å². The van der Waals surface area contributed by atoms with Gasteiger partial charge in [0.15, 0.2) is 23.0 Å². The van der Waals surface area contributed by atoms with E-state index in [1.807, 2.05) is 55.5 Å². The molecule has 0 saturated heterocycles. The van der Waals surface area contributed by atoms with Crippen LogP contribution >= 0.6 is 27.5 Å². The largest absolute Gasteiger partial charge is 0.493 e. The van der Waals surface area contributed by atoms with Gasteiger partial charge in [0.25, 0.3) is 5.91 Å².